The molecule has 4 rings (SSSR count). The van der Waals surface area contributed by atoms with E-state index in [1.807, 2.05) is 37.0 Å². The Hall–Kier alpha value is -2.06. The number of hydrogen-bond donors (Lipinski definition) is 3. The summed E-state index contributed by atoms with van der Waals surface area (Å²) in [5.41, 5.74) is 2.50. The Morgan fingerprint density at radius 1 is 1.30 bits per heavy atom. The molecule has 1 fully saturated rings. The highest BCUT2D eigenvalue weighted by molar-refractivity contribution is 14.2. The highest BCUT2D eigenvalue weighted by Gasteiger charge is 2.33. The molecule has 3 aromatic heterocycles. The van der Waals surface area contributed by atoms with Gasteiger partial charge in [0.2, 0.25) is 0 Å². The van der Waals surface area contributed by atoms with Crippen molar-refractivity contribution in [3.63, 3.8) is 0 Å². The van der Waals surface area contributed by atoms with Crippen LogP contribution in [0.25, 0.3) is 21.6 Å². The molecule has 1 saturated carbocycles. The third-order valence-corrected chi connectivity index (χ3v) is 7.75. The number of fused-ring (bicyclic) bond motifs is 1. The summed E-state index contributed by atoms with van der Waals surface area (Å²) in [5.74, 6) is -0.219. The largest absolute Gasteiger partial charge is 0.444 e. The molecule has 2 amide bonds. The van der Waals surface area contributed by atoms with Crippen LogP contribution in [0.3, 0.4) is 0 Å². The minimum atomic E-state index is -0.520. The minimum absolute atomic E-state index is 0.0624. The van der Waals surface area contributed by atoms with Crippen molar-refractivity contribution in [1.82, 2.24) is 24.6 Å². The minimum Gasteiger partial charge on any atom is -0.444 e. The Bertz CT molecular complexity index is 1180. The number of pyridine rings is 1. The van der Waals surface area contributed by atoms with Gasteiger partial charge in [-0.1, -0.05) is 0 Å². The zero-order valence-corrected chi connectivity index (χ0v) is 22.4. The highest BCUT2D eigenvalue weighted by Crippen LogP contribution is 2.39. The second-order valence-electron chi connectivity index (χ2n) is 8.77. The number of thiazole rings is 1. The Morgan fingerprint density at radius 3 is 2.73 bits per heavy atom. The van der Waals surface area contributed by atoms with Gasteiger partial charge in [0.15, 0.2) is 5.65 Å². The summed E-state index contributed by atoms with van der Waals surface area (Å²) in [6.45, 7) is 5.55. The summed E-state index contributed by atoms with van der Waals surface area (Å²) in [4.78, 5) is 33.2. The predicted octanol–water partition coefficient (Wildman–Crippen LogP) is 4.83. The molecule has 1 aliphatic rings. The number of halogens is 1. The number of nitrogens with zero attached hydrogens (tertiary/aromatic N) is 3. The first kappa shape index (κ1) is 24.1. The number of aromatic nitrogens is 3. The van der Waals surface area contributed by atoms with E-state index in [2.05, 4.69) is 47.1 Å². The Balaban J connectivity index is 1.55. The van der Waals surface area contributed by atoms with Gasteiger partial charge in [-0.15, -0.1) is 11.3 Å². The van der Waals surface area contributed by atoms with Crippen LogP contribution >= 0.6 is 41.7 Å². The van der Waals surface area contributed by atoms with E-state index in [1.54, 1.807) is 27.7 Å². The average Bonchev–Trinajstić information content (AvgIpc) is 3.37. The number of ether oxygens (including phenoxy) is 1. The van der Waals surface area contributed by atoms with E-state index in [0.29, 0.717) is 5.69 Å². The molecule has 12 heteroatoms. The smallest absolute Gasteiger partial charge is 0.407 e. The second-order valence-corrected chi connectivity index (χ2v) is 11.3. The second kappa shape index (κ2) is 9.66. The summed E-state index contributed by atoms with van der Waals surface area (Å²) < 4.78 is 7.35. The van der Waals surface area contributed by atoms with Crippen molar-refractivity contribution in [2.24, 2.45) is 0 Å². The lowest BCUT2D eigenvalue weighted by molar-refractivity contribution is 0.0475. The maximum Gasteiger partial charge on any atom is 0.407 e. The summed E-state index contributed by atoms with van der Waals surface area (Å²) >= 11 is 3.63. The number of alkyl carbamates (subject to hydrolysis) is 1. The summed E-state index contributed by atoms with van der Waals surface area (Å²) in [6, 6.07) is 2.28. The van der Waals surface area contributed by atoms with Gasteiger partial charge in [-0.3, -0.25) is 8.77 Å². The number of carbonyl (C=O) groups excluding carboxylic acids is 2. The molecular formula is C21H25IN6O3S2. The first-order chi connectivity index (χ1) is 15.7. The lowest BCUT2D eigenvalue weighted by Gasteiger charge is -2.37. The third kappa shape index (κ3) is 5.38. The maximum atomic E-state index is 12.1. The van der Waals surface area contributed by atoms with Crippen LogP contribution < -0.4 is 16.0 Å². The zero-order valence-electron chi connectivity index (χ0n) is 18.6. The summed E-state index contributed by atoms with van der Waals surface area (Å²) in [6.07, 6.45) is 4.96. The Morgan fingerprint density at radius 2 is 2.06 bits per heavy atom. The molecule has 0 spiro atoms. The molecule has 0 aliphatic heterocycles. The monoisotopic (exact) mass is 600 g/mol. The first-order valence-electron chi connectivity index (χ1n) is 10.4. The van der Waals surface area contributed by atoms with Crippen molar-refractivity contribution in [1.29, 1.82) is 0 Å². The fourth-order valence-corrected chi connectivity index (χ4v) is 5.69. The number of carbonyl (C=O) groups is 2. The lowest BCUT2D eigenvalue weighted by atomic mass is 9.86. The van der Waals surface area contributed by atoms with Crippen molar-refractivity contribution in [2.45, 2.75) is 51.3 Å². The molecule has 0 bridgehead atoms. The van der Waals surface area contributed by atoms with E-state index in [-0.39, 0.29) is 18.0 Å². The molecular weight excluding hydrogens is 575 g/mol. The van der Waals surface area contributed by atoms with E-state index in [0.717, 1.165) is 40.1 Å². The van der Waals surface area contributed by atoms with E-state index >= 15 is 0 Å². The number of amides is 2. The van der Waals surface area contributed by atoms with Gasteiger partial charge in [0, 0.05) is 72.6 Å². The van der Waals surface area contributed by atoms with Crippen molar-refractivity contribution in [2.75, 3.05) is 12.4 Å². The molecule has 0 radical (unpaired) electrons. The van der Waals surface area contributed by atoms with Gasteiger partial charge < -0.3 is 20.7 Å². The molecule has 3 aromatic rings. The fraction of sp³-hybridized carbons (Fsp3) is 0.429. The van der Waals surface area contributed by atoms with Gasteiger partial charge in [-0.05, 0) is 39.7 Å². The molecule has 0 atom stereocenters. The zero-order chi connectivity index (χ0) is 23.8. The molecule has 1 aliphatic carbocycles. The Kier molecular flexibility index (Phi) is 7.05. The van der Waals surface area contributed by atoms with Crippen LogP contribution in [0.5, 0.6) is 0 Å². The maximum absolute atomic E-state index is 12.1. The summed E-state index contributed by atoms with van der Waals surface area (Å²) in [7, 11) is 3.13. The van der Waals surface area contributed by atoms with Gasteiger partial charge in [-0.2, -0.15) is 0 Å². The standard InChI is InChI=1S/C21H25IN6O3S2/c1-21(2,3)31-20(30)26-12-7-11(8-12)25-16-13-5-6-28(33-22)17(13)24-9-14(16)19-27-15(10-32-19)18(29)23-4/h5-6,9-12H,7-8H2,1-4H3,(H,23,29)(H,24,25)(H,26,30). The van der Waals surface area contributed by atoms with Crippen molar-refractivity contribution in [3.05, 3.63) is 29.5 Å². The van der Waals surface area contributed by atoms with Crippen LogP contribution in [0.2, 0.25) is 0 Å². The molecule has 0 aromatic carbocycles. The van der Waals surface area contributed by atoms with Gasteiger partial charge in [-0.25, -0.2) is 14.8 Å². The topological polar surface area (TPSA) is 110 Å². The fourth-order valence-electron chi connectivity index (χ4n) is 3.60. The lowest BCUT2D eigenvalue weighted by Crippen LogP contribution is -2.50. The van der Waals surface area contributed by atoms with E-state index in [4.69, 9.17) is 4.74 Å². The van der Waals surface area contributed by atoms with Crippen LogP contribution in [0.4, 0.5) is 10.5 Å². The van der Waals surface area contributed by atoms with Gasteiger partial charge in [0.05, 0.1) is 11.3 Å². The molecule has 33 heavy (non-hydrogen) atoms. The van der Waals surface area contributed by atoms with E-state index in [1.165, 1.54) is 11.3 Å². The molecule has 3 N–H and O–H groups in total. The molecule has 0 unspecified atom stereocenters. The van der Waals surface area contributed by atoms with Crippen molar-refractivity contribution >= 4 is 70.4 Å². The van der Waals surface area contributed by atoms with Crippen LogP contribution in [-0.2, 0) is 4.74 Å². The van der Waals surface area contributed by atoms with Gasteiger partial charge in [0.1, 0.15) is 16.3 Å². The van der Waals surface area contributed by atoms with Crippen LogP contribution in [-0.4, -0.2) is 50.7 Å². The van der Waals surface area contributed by atoms with E-state index in [9.17, 15) is 9.59 Å². The number of rotatable bonds is 6. The van der Waals surface area contributed by atoms with Crippen LogP contribution in [0.15, 0.2) is 23.8 Å². The third-order valence-electron chi connectivity index (χ3n) is 5.16. The number of hydrogen-bond acceptors (Lipinski definition) is 8. The van der Waals surface area contributed by atoms with E-state index < -0.39 is 11.7 Å². The van der Waals surface area contributed by atoms with Crippen molar-refractivity contribution in [3.8, 4) is 10.6 Å². The predicted molar refractivity (Wildman–Crippen MR) is 141 cm³/mol. The normalized spacial score (nSPS) is 18.0. The van der Waals surface area contributed by atoms with Crippen molar-refractivity contribution < 1.29 is 14.3 Å². The summed E-state index contributed by atoms with van der Waals surface area (Å²) in [5, 5.41) is 12.6. The SMILES string of the molecule is CNC(=O)c1csc(-c2cnc3c(ccn3SI)c2NC2CC(NC(=O)OC(C)(C)C)C2)n1. The highest BCUT2D eigenvalue weighted by atomic mass is 127. The molecule has 176 valence electrons. The van der Waals surface area contributed by atoms with Crippen LogP contribution in [0.1, 0.15) is 44.1 Å². The first-order valence-corrected chi connectivity index (χ1v) is 14.6. The number of nitrogens with one attached hydrogen (secondary N) is 3. The van der Waals surface area contributed by atoms with Crippen LogP contribution in [0, 0.1) is 0 Å². The molecule has 0 saturated heterocycles. The molecule has 9 nitrogen and oxygen atoms in total. The average molecular weight is 601 g/mol. The Labute approximate surface area is 212 Å². The number of anilines is 1. The quantitative estimate of drug-likeness (QED) is 0.348. The van der Waals surface area contributed by atoms with Gasteiger partial charge >= 0.3 is 6.09 Å². The van der Waals surface area contributed by atoms with Gasteiger partial charge in [0.25, 0.3) is 5.91 Å². The molecule has 3 heterocycles.